The van der Waals surface area contributed by atoms with Gasteiger partial charge in [0.05, 0.1) is 5.56 Å². The Hall–Kier alpha value is -1.86. The van der Waals surface area contributed by atoms with Crippen molar-refractivity contribution in [2.45, 2.75) is 19.9 Å². The lowest BCUT2D eigenvalue weighted by Crippen LogP contribution is -2.43. The van der Waals surface area contributed by atoms with Gasteiger partial charge in [-0.25, -0.2) is 4.72 Å². The highest BCUT2D eigenvalue weighted by Gasteiger charge is 2.19. The van der Waals surface area contributed by atoms with Crippen LogP contribution in [0.25, 0.3) is 10.9 Å². The quantitative estimate of drug-likeness (QED) is 0.785. The van der Waals surface area contributed by atoms with Gasteiger partial charge >= 0.3 is 10.2 Å². The van der Waals surface area contributed by atoms with Gasteiger partial charge in [-0.15, -0.1) is 0 Å². The van der Waals surface area contributed by atoms with Crippen molar-refractivity contribution < 1.29 is 13.2 Å². The highest BCUT2D eigenvalue weighted by Crippen LogP contribution is 2.17. The van der Waals surface area contributed by atoms with Crippen molar-refractivity contribution in [3.05, 3.63) is 36.0 Å². The first kappa shape index (κ1) is 13.6. The van der Waals surface area contributed by atoms with Crippen molar-refractivity contribution >= 4 is 27.0 Å². The first-order valence-corrected chi connectivity index (χ1v) is 7.28. The standard InChI is InChI=1S/C12H15N3O3S/c1-8(2)14-19(17,18)15-12(16)10-7-13-11-6-4-3-5-9(10)11/h3-8,13-14H,1-2H3,(H,15,16). The minimum Gasteiger partial charge on any atom is -0.360 e. The van der Waals surface area contributed by atoms with E-state index in [-0.39, 0.29) is 6.04 Å². The van der Waals surface area contributed by atoms with Crippen LogP contribution in [0.4, 0.5) is 0 Å². The minimum atomic E-state index is -3.84. The molecule has 0 saturated heterocycles. The molecule has 7 heteroatoms. The molecular weight excluding hydrogens is 266 g/mol. The van der Waals surface area contributed by atoms with Crippen molar-refractivity contribution in [1.29, 1.82) is 0 Å². The van der Waals surface area contributed by atoms with Crippen LogP contribution >= 0.6 is 0 Å². The van der Waals surface area contributed by atoms with Gasteiger partial charge in [0.1, 0.15) is 0 Å². The Morgan fingerprint density at radius 2 is 1.95 bits per heavy atom. The van der Waals surface area contributed by atoms with E-state index in [4.69, 9.17) is 0 Å². The Morgan fingerprint density at radius 3 is 2.63 bits per heavy atom. The van der Waals surface area contributed by atoms with E-state index in [0.29, 0.717) is 10.9 Å². The second kappa shape index (κ2) is 5.02. The summed E-state index contributed by atoms with van der Waals surface area (Å²) in [5, 5.41) is 0.680. The lowest BCUT2D eigenvalue weighted by atomic mass is 10.2. The largest absolute Gasteiger partial charge is 0.360 e. The normalized spacial score (nSPS) is 11.9. The number of carbonyl (C=O) groups is 1. The SMILES string of the molecule is CC(C)NS(=O)(=O)NC(=O)c1c[nH]c2ccccc12. The zero-order chi connectivity index (χ0) is 14.0. The predicted octanol–water partition coefficient (Wildman–Crippen LogP) is 1.14. The van der Waals surface area contributed by atoms with E-state index < -0.39 is 16.1 Å². The molecule has 0 spiro atoms. The second-order valence-corrected chi connectivity index (χ2v) is 5.90. The van der Waals surface area contributed by atoms with Gasteiger partial charge in [-0.05, 0) is 19.9 Å². The van der Waals surface area contributed by atoms with Crippen molar-refractivity contribution in [1.82, 2.24) is 14.4 Å². The van der Waals surface area contributed by atoms with Crippen LogP contribution in [0.3, 0.4) is 0 Å². The predicted molar refractivity (Wildman–Crippen MR) is 73.0 cm³/mol. The molecule has 0 radical (unpaired) electrons. The number of benzene rings is 1. The van der Waals surface area contributed by atoms with Crippen LogP contribution in [-0.2, 0) is 10.2 Å². The number of H-pyrrole nitrogens is 1. The molecule has 1 aromatic carbocycles. The Morgan fingerprint density at radius 1 is 1.26 bits per heavy atom. The van der Waals surface area contributed by atoms with E-state index in [1.807, 2.05) is 16.9 Å². The average molecular weight is 281 g/mol. The molecule has 0 atom stereocenters. The van der Waals surface area contributed by atoms with E-state index in [1.165, 1.54) is 6.20 Å². The lowest BCUT2D eigenvalue weighted by molar-refractivity contribution is 0.0982. The number of nitrogens with one attached hydrogen (secondary N) is 3. The Kier molecular flexibility index (Phi) is 3.59. The van der Waals surface area contributed by atoms with Gasteiger partial charge in [0.2, 0.25) is 0 Å². The molecule has 1 heterocycles. The summed E-state index contributed by atoms with van der Waals surface area (Å²) >= 11 is 0. The zero-order valence-electron chi connectivity index (χ0n) is 10.6. The summed E-state index contributed by atoms with van der Waals surface area (Å²) < 4.78 is 27.5. The molecule has 2 aromatic rings. The fourth-order valence-electron chi connectivity index (χ4n) is 1.78. The number of aromatic nitrogens is 1. The van der Waals surface area contributed by atoms with Crippen LogP contribution in [0.15, 0.2) is 30.5 Å². The molecule has 0 fully saturated rings. The van der Waals surface area contributed by atoms with Crippen LogP contribution in [0.1, 0.15) is 24.2 Å². The average Bonchev–Trinajstić information content (AvgIpc) is 2.69. The van der Waals surface area contributed by atoms with E-state index >= 15 is 0 Å². The molecule has 19 heavy (non-hydrogen) atoms. The highest BCUT2D eigenvalue weighted by molar-refractivity contribution is 7.88. The molecule has 0 aliphatic heterocycles. The van der Waals surface area contributed by atoms with Crippen LogP contribution in [0.2, 0.25) is 0 Å². The van der Waals surface area contributed by atoms with Gasteiger partial charge in [-0.1, -0.05) is 18.2 Å². The van der Waals surface area contributed by atoms with Crippen LogP contribution in [-0.4, -0.2) is 25.4 Å². The third-order valence-corrected chi connectivity index (χ3v) is 3.69. The number of fused-ring (bicyclic) bond motifs is 1. The maximum Gasteiger partial charge on any atom is 0.301 e. The van der Waals surface area contributed by atoms with Gasteiger partial charge in [-0.3, -0.25) is 4.79 Å². The van der Waals surface area contributed by atoms with Gasteiger partial charge in [0.15, 0.2) is 0 Å². The molecule has 0 aliphatic carbocycles. The van der Waals surface area contributed by atoms with Crippen LogP contribution in [0, 0.1) is 0 Å². The Bertz CT molecular complexity index is 704. The number of aromatic amines is 1. The van der Waals surface area contributed by atoms with Crippen molar-refractivity contribution in [2.75, 3.05) is 0 Å². The summed E-state index contributed by atoms with van der Waals surface area (Å²) in [7, 11) is -3.84. The number of hydrogen-bond acceptors (Lipinski definition) is 3. The first-order valence-electron chi connectivity index (χ1n) is 5.79. The number of carbonyl (C=O) groups excluding carboxylic acids is 1. The molecule has 2 rings (SSSR count). The molecule has 3 N–H and O–H groups in total. The topological polar surface area (TPSA) is 91.1 Å². The Labute approximate surface area is 111 Å². The van der Waals surface area contributed by atoms with Gasteiger partial charge in [0, 0.05) is 23.1 Å². The number of amides is 1. The second-order valence-electron chi connectivity index (χ2n) is 4.46. The molecule has 0 bridgehead atoms. The molecular formula is C12H15N3O3S. The van der Waals surface area contributed by atoms with E-state index in [0.717, 1.165) is 5.52 Å². The van der Waals surface area contributed by atoms with Gasteiger partial charge in [-0.2, -0.15) is 13.1 Å². The van der Waals surface area contributed by atoms with Crippen molar-refractivity contribution in [2.24, 2.45) is 0 Å². The van der Waals surface area contributed by atoms with Crippen LogP contribution in [0.5, 0.6) is 0 Å². The van der Waals surface area contributed by atoms with E-state index in [2.05, 4.69) is 9.71 Å². The fraction of sp³-hybridized carbons (Fsp3) is 0.250. The number of para-hydroxylation sites is 1. The molecule has 0 saturated carbocycles. The van der Waals surface area contributed by atoms with E-state index in [9.17, 15) is 13.2 Å². The monoisotopic (exact) mass is 281 g/mol. The lowest BCUT2D eigenvalue weighted by Gasteiger charge is -2.10. The number of hydrogen-bond donors (Lipinski definition) is 3. The zero-order valence-corrected chi connectivity index (χ0v) is 11.4. The molecule has 6 nitrogen and oxygen atoms in total. The summed E-state index contributed by atoms with van der Waals surface area (Å²) in [5.74, 6) is -0.661. The maximum absolute atomic E-state index is 12.0. The van der Waals surface area contributed by atoms with Crippen LogP contribution < -0.4 is 9.44 Å². The first-order chi connectivity index (χ1) is 8.89. The maximum atomic E-state index is 12.0. The molecule has 0 aliphatic rings. The molecule has 102 valence electrons. The summed E-state index contributed by atoms with van der Waals surface area (Å²) in [6.45, 7) is 3.35. The molecule has 1 amide bonds. The third-order valence-electron chi connectivity index (χ3n) is 2.45. The van der Waals surface area contributed by atoms with Gasteiger partial charge < -0.3 is 4.98 Å². The molecule has 1 aromatic heterocycles. The van der Waals surface area contributed by atoms with Crippen molar-refractivity contribution in [3.8, 4) is 0 Å². The van der Waals surface area contributed by atoms with E-state index in [1.54, 1.807) is 26.0 Å². The Balaban J connectivity index is 2.26. The summed E-state index contributed by atoms with van der Waals surface area (Å²) in [4.78, 5) is 14.9. The highest BCUT2D eigenvalue weighted by atomic mass is 32.2. The third kappa shape index (κ3) is 3.12. The fourth-order valence-corrected chi connectivity index (χ4v) is 2.81. The summed E-state index contributed by atoms with van der Waals surface area (Å²) in [6, 6.07) is 6.90. The van der Waals surface area contributed by atoms with Crippen molar-refractivity contribution in [3.63, 3.8) is 0 Å². The molecule has 0 unspecified atom stereocenters. The smallest absolute Gasteiger partial charge is 0.301 e. The minimum absolute atomic E-state index is 0.284. The summed E-state index contributed by atoms with van der Waals surface area (Å²) in [6.07, 6.45) is 1.49. The van der Waals surface area contributed by atoms with Gasteiger partial charge in [0.25, 0.3) is 5.91 Å². The summed E-state index contributed by atoms with van der Waals surface area (Å²) in [5.41, 5.74) is 1.08. The number of rotatable bonds is 4.